The highest BCUT2D eigenvalue weighted by Crippen LogP contribution is 2.31. The van der Waals surface area contributed by atoms with Crippen LogP contribution in [0.2, 0.25) is 5.02 Å². The van der Waals surface area contributed by atoms with Gasteiger partial charge in [-0.3, -0.25) is 4.79 Å². The minimum Gasteiger partial charge on any atom is -0.388 e. The maximum atomic E-state index is 13.9. The first-order valence-corrected chi connectivity index (χ1v) is 9.28. The van der Waals surface area contributed by atoms with E-state index in [1.165, 1.54) is 6.07 Å². The number of halogens is 2. The minimum atomic E-state index is -0.791. The third-order valence-electron chi connectivity index (χ3n) is 5.19. The molecule has 1 amide bonds. The first-order valence-electron chi connectivity index (χ1n) is 8.91. The van der Waals surface area contributed by atoms with Gasteiger partial charge in [-0.15, -0.1) is 0 Å². The molecule has 1 atom stereocenters. The van der Waals surface area contributed by atoms with Crippen LogP contribution in [0.15, 0.2) is 36.4 Å². The number of β-amino-alcohol motifs (C(OH)–C–C–N with tert-alkyl or cyclic N) is 1. The second-order valence-electron chi connectivity index (χ2n) is 7.07. The molecule has 3 rings (SSSR count). The van der Waals surface area contributed by atoms with E-state index in [4.69, 9.17) is 11.6 Å². The summed E-state index contributed by atoms with van der Waals surface area (Å²) in [5.41, 5.74) is 1.62. The number of piperidine rings is 1. The number of benzene rings is 2. The summed E-state index contributed by atoms with van der Waals surface area (Å²) in [6.07, 6.45) is 2.16. The fourth-order valence-electron chi connectivity index (χ4n) is 3.42. The second-order valence-corrected chi connectivity index (χ2v) is 7.47. The van der Waals surface area contributed by atoms with Gasteiger partial charge in [0.1, 0.15) is 5.82 Å². The average molecular weight is 376 g/mol. The molecule has 0 radical (unpaired) electrons. The molecule has 1 N–H and O–H groups in total. The fourth-order valence-corrected chi connectivity index (χ4v) is 3.74. The van der Waals surface area contributed by atoms with Crippen LogP contribution in [0.1, 0.15) is 42.1 Å². The highest BCUT2D eigenvalue weighted by molar-refractivity contribution is 6.33. The standard InChI is InChI=1S/C21H23ClFNO2/c1-3-21(26)9-4-10-24(13-21)20(25)16-7-5-15(6-8-16)17-12-19(23)14(2)11-18(17)22/h5-8,11-12,26H,3-4,9-10,13H2,1-2H3. The van der Waals surface area contributed by atoms with Crippen molar-refractivity contribution in [3.8, 4) is 11.1 Å². The first-order chi connectivity index (χ1) is 12.3. The van der Waals surface area contributed by atoms with E-state index >= 15 is 0 Å². The van der Waals surface area contributed by atoms with Gasteiger partial charge in [0.25, 0.3) is 5.91 Å². The molecule has 26 heavy (non-hydrogen) atoms. The van der Waals surface area contributed by atoms with Crippen LogP contribution in [0, 0.1) is 12.7 Å². The molecule has 3 nitrogen and oxygen atoms in total. The normalized spacial score (nSPS) is 20.3. The Bertz CT molecular complexity index is 822. The number of amides is 1. The van der Waals surface area contributed by atoms with E-state index in [-0.39, 0.29) is 11.7 Å². The third-order valence-corrected chi connectivity index (χ3v) is 5.50. The highest BCUT2D eigenvalue weighted by Gasteiger charge is 2.33. The van der Waals surface area contributed by atoms with Crippen LogP contribution in [0.3, 0.4) is 0 Å². The summed E-state index contributed by atoms with van der Waals surface area (Å²) in [5, 5.41) is 11.0. The monoisotopic (exact) mass is 375 g/mol. The largest absolute Gasteiger partial charge is 0.388 e. The number of aliphatic hydroxyl groups is 1. The third kappa shape index (κ3) is 3.76. The zero-order valence-electron chi connectivity index (χ0n) is 15.1. The topological polar surface area (TPSA) is 40.5 Å². The van der Waals surface area contributed by atoms with Gasteiger partial charge in [0, 0.05) is 29.2 Å². The van der Waals surface area contributed by atoms with Crippen LogP contribution >= 0.6 is 11.6 Å². The summed E-state index contributed by atoms with van der Waals surface area (Å²) in [7, 11) is 0. The smallest absolute Gasteiger partial charge is 0.253 e. The van der Waals surface area contributed by atoms with Gasteiger partial charge in [0.15, 0.2) is 0 Å². The molecular formula is C21H23ClFNO2. The lowest BCUT2D eigenvalue weighted by atomic mass is 9.90. The minimum absolute atomic E-state index is 0.0932. The van der Waals surface area contributed by atoms with Crippen molar-refractivity contribution in [1.29, 1.82) is 0 Å². The van der Waals surface area contributed by atoms with Crippen molar-refractivity contribution < 1.29 is 14.3 Å². The average Bonchev–Trinajstić information content (AvgIpc) is 2.64. The van der Waals surface area contributed by atoms with Crippen LogP contribution in [-0.4, -0.2) is 34.6 Å². The molecule has 1 heterocycles. The van der Waals surface area contributed by atoms with Crippen molar-refractivity contribution in [1.82, 2.24) is 4.90 Å². The summed E-state index contributed by atoms with van der Waals surface area (Å²) in [6.45, 7) is 4.62. The van der Waals surface area contributed by atoms with Crippen LogP contribution < -0.4 is 0 Å². The van der Waals surface area contributed by atoms with Gasteiger partial charge in [0.2, 0.25) is 0 Å². The van der Waals surface area contributed by atoms with Gasteiger partial charge < -0.3 is 10.0 Å². The molecule has 1 aliphatic heterocycles. The van der Waals surface area contributed by atoms with E-state index in [0.29, 0.717) is 41.2 Å². The summed E-state index contributed by atoms with van der Waals surface area (Å²) in [6, 6.07) is 10.0. The van der Waals surface area contributed by atoms with Crippen molar-refractivity contribution in [3.63, 3.8) is 0 Å². The predicted molar refractivity (Wildman–Crippen MR) is 102 cm³/mol. The molecule has 0 aliphatic carbocycles. The van der Waals surface area contributed by atoms with Gasteiger partial charge in [-0.2, -0.15) is 0 Å². The second kappa shape index (κ2) is 7.37. The molecule has 2 aromatic carbocycles. The maximum Gasteiger partial charge on any atom is 0.253 e. The molecule has 1 fully saturated rings. The number of rotatable bonds is 3. The van der Waals surface area contributed by atoms with Crippen LogP contribution in [0.4, 0.5) is 4.39 Å². The number of carbonyl (C=O) groups is 1. The molecule has 0 spiro atoms. The highest BCUT2D eigenvalue weighted by atomic mass is 35.5. The predicted octanol–water partition coefficient (Wildman–Crippen LogP) is 4.83. The number of likely N-dealkylation sites (tertiary alicyclic amines) is 1. The van der Waals surface area contributed by atoms with Crippen LogP contribution in [-0.2, 0) is 0 Å². The number of nitrogens with zero attached hydrogens (tertiary/aromatic N) is 1. The van der Waals surface area contributed by atoms with Gasteiger partial charge in [-0.1, -0.05) is 30.7 Å². The molecule has 1 aliphatic rings. The van der Waals surface area contributed by atoms with Gasteiger partial charge >= 0.3 is 0 Å². The molecule has 138 valence electrons. The maximum absolute atomic E-state index is 13.9. The lowest BCUT2D eigenvalue weighted by Gasteiger charge is -2.38. The molecule has 0 aromatic heterocycles. The van der Waals surface area contributed by atoms with E-state index in [9.17, 15) is 14.3 Å². The summed E-state index contributed by atoms with van der Waals surface area (Å²) in [5.74, 6) is -0.402. The van der Waals surface area contributed by atoms with Gasteiger partial charge in [-0.25, -0.2) is 4.39 Å². The Morgan fingerprint density at radius 1 is 1.31 bits per heavy atom. The number of hydrogen-bond donors (Lipinski definition) is 1. The molecular weight excluding hydrogens is 353 g/mol. The number of hydrogen-bond acceptors (Lipinski definition) is 2. The van der Waals surface area contributed by atoms with Crippen molar-refractivity contribution in [2.75, 3.05) is 13.1 Å². The van der Waals surface area contributed by atoms with E-state index < -0.39 is 5.60 Å². The zero-order valence-corrected chi connectivity index (χ0v) is 15.8. The zero-order chi connectivity index (χ0) is 18.9. The Balaban J connectivity index is 1.82. The molecule has 0 saturated carbocycles. The molecule has 1 unspecified atom stereocenters. The van der Waals surface area contributed by atoms with E-state index in [2.05, 4.69) is 0 Å². The Labute approximate surface area is 158 Å². The summed E-state index contributed by atoms with van der Waals surface area (Å²) < 4.78 is 13.9. The molecule has 1 saturated heterocycles. The Kier molecular flexibility index (Phi) is 5.35. The quantitative estimate of drug-likeness (QED) is 0.834. The first kappa shape index (κ1) is 18.9. The van der Waals surface area contributed by atoms with Crippen molar-refractivity contribution in [2.45, 2.75) is 38.7 Å². The van der Waals surface area contributed by atoms with E-state index in [1.807, 2.05) is 6.92 Å². The Morgan fingerprint density at radius 3 is 2.65 bits per heavy atom. The van der Waals surface area contributed by atoms with Crippen LogP contribution in [0.5, 0.6) is 0 Å². The van der Waals surface area contributed by atoms with Gasteiger partial charge in [-0.05, 0) is 61.6 Å². The number of aryl methyl sites for hydroxylation is 1. The molecule has 2 aromatic rings. The van der Waals surface area contributed by atoms with E-state index in [0.717, 1.165) is 18.4 Å². The van der Waals surface area contributed by atoms with Gasteiger partial charge in [0.05, 0.1) is 5.60 Å². The molecule has 5 heteroatoms. The fraction of sp³-hybridized carbons (Fsp3) is 0.381. The van der Waals surface area contributed by atoms with E-state index in [1.54, 1.807) is 42.2 Å². The lowest BCUT2D eigenvalue weighted by Crippen LogP contribution is -2.49. The van der Waals surface area contributed by atoms with Crippen molar-refractivity contribution in [3.05, 3.63) is 58.4 Å². The SMILES string of the molecule is CCC1(O)CCCN(C(=O)c2ccc(-c3cc(F)c(C)cc3Cl)cc2)C1. The Morgan fingerprint density at radius 2 is 2.00 bits per heavy atom. The molecule has 0 bridgehead atoms. The summed E-state index contributed by atoms with van der Waals surface area (Å²) in [4.78, 5) is 14.5. The Hall–Kier alpha value is -1.91. The lowest BCUT2D eigenvalue weighted by molar-refractivity contribution is -0.0270. The summed E-state index contributed by atoms with van der Waals surface area (Å²) >= 11 is 6.24. The number of carbonyl (C=O) groups excluding carboxylic acids is 1. The van der Waals surface area contributed by atoms with Crippen molar-refractivity contribution in [2.24, 2.45) is 0 Å². The van der Waals surface area contributed by atoms with Crippen LogP contribution in [0.25, 0.3) is 11.1 Å². The van der Waals surface area contributed by atoms with Crippen molar-refractivity contribution >= 4 is 17.5 Å².